The highest BCUT2D eigenvalue weighted by molar-refractivity contribution is 5.80. The van der Waals surface area contributed by atoms with Gasteiger partial charge in [-0.2, -0.15) is 0 Å². The summed E-state index contributed by atoms with van der Waals surface area (Å²) in [6.45, 7) is 9.86. The van der Waals surface area contributed by atoms with E-state index in [1.54, 1.807) is 0 Å². The van der Waals surface area contributed by atoms with Gasteiger partial charge in [0.2, 0.25) is 0 Å². The van der Waals surface area contributed by atoms with Gasteiger partial charge in [-0.3, -0.25) is 4.79 Å². The Morgan fingerprint density at radius 3 is 2.38 bits per heavy atom. The maximum atomic E-state index is 11.6. The van der Waals surface area contributed by atoms with Crippen molar-refractivity contribution in [2.75, 3.05) is 19.6 Å². The molecule has 0 radical (unpaired) electrons. The Hall–Kier alpha value is -1.52. The van der Waals surface area contributed by atoms with Gasteiger partial charge in [-0.25, -0.2) is 4.79 Å². The number of carbonyl (C=O) groups excluding carboxylic acids is 1. The summed E-state index contributed by atoms with van der Waals surface area (Å²) in [5.74, 6) is -1.03. The Labute approximate surface area is 96.1 Å². The number of amides is 2. The molecule has 0 aromatic carbocycles. The summed E-state index contributed by atoms with van der Waals surface area (Å²) in [5, 5.41) is 11.3. The number of urea groups is 1. The second kappa shape index (κ2) is 6.15. The Morgan fingerprint density at radius 2 is 2.00 bits per heavy atom. The number of carbonyl (C=O) groups is 2. The quantitative estimate of drug-likeness (QED) is 0.697. The van der Waals surface area contributed by atoms with E-state index in [0.29, 0.717) is 6.54 Å². The molecule has 16 heavy (non-hydrogen) atoms. The van der Waals surface area contributed by atoms with E-state index in [1.165, 1.54) is 11.0 Å². The minimum Gasteiger partial charge on any atom is -0.480 e. The van der Waals surface area contributed by atoms with E-state index in [2.05, 4.69) is 11.9 Å². The molecule has 0 aliphatic rings. The van der Waals surface area contributed by atoms with Crippen LogP contribution in [0.3, 0.4) is 0 Å². The fourth-order valence-corrected chi connectivity index (χ4v) is 0.991. The molecule has 0 aromatic heterocycles. The van der Waals surface area contributed by atoms with Crippen LogP contribution < -0.4 is 5.32 Å². The van der Waals surface area contributed by atoms with Crippen molar-refractivity contribution < 1.29 is 14.7 Å². The predicted molar refractivity (Wildman–Crippen MR) is 62.3 cm³/mol. The molecule has 0 saturated heterocycles. The number of carboxylic acid groups (broad SMARTS) is 1. The molecular formula is C11H20N2O3. The smallest absolute Gasteiger partial charge is 0.323 e. The summed E-state index contributed by atoms with van der Waals surface area (Å²) in [5.41, 5.74) is -0.0290. The number of aliphatic carboxylic acids is 1. The number of hydrogen-bond donors (Lipinski definition) is 2. The summed E-state index contributed by atoms with van der Waals surface area (Å²) >= 11 is 0. The van der Waals surface area contributed by atoms with Gasteiger partial charge in [-0.05, 0) is 5.41 Å². The number of hydrogen-bond acceptors (Lipinski definition) is 2. The number of carboxylic acids is 1. The maximum Gasteiger partial charge on any atom is 0.323 e. The van der Waals surface area contributed by atoms with Crippen LogP contribution in [0.15, 0.2) is 12.7 Å². The van der Waals surface area contributed by atoms with Gasteiger partial charge in [0.1, 0.15) is 6.54 Å². The van der Waals surface area contributed by atoms with Crippen LogP contribution in [0.4, 0.5) is 4.79 Å². The van der Waals surface area contributed by atoms with Crippen molar-refractivity contribution >= 4 is 12.0 Å². The average molecular weight is 228 g/mol. The summed E-state index contributed by atoms with van der Waals surface area (Å²) in [6, 6.07) is -0.378. The van der Waals surface area contributed by atoms with E-state index in [1.807, 2.05) is 20.8 Å². The average Bonchev–Trinajstić information content (AvgIpc) is 2.11. The van der Waals surface area contributed by atoms with Gasteiger partial charge < -0.3 is 15.3 Å². The van der Waals surface area contributed by atoms with Crippen molar-refractivity contribution in [3.05, 3.63) is 12.7 Å². The molecule has 0 saturated carbocycles. The van der Waals surface area contributed by atoms with Crippen LogP contribution in [0, 0.1) is 5.41 Å². The lowest BCUT2D eigenvalue weighted by atomic mass is 9.97. The summed E-state index contributed by atoms with van der Waals surface area (Å²) < 4.78 is 0. The highest BCUT2D eigenvalue weighted by Gasteiger charge is 2.17. The van der Waals surface area contributed by atoms with E-state index in [9.17, 15) is 9.59 Å². The van der Waals surface area contributed by atoms with Crippen molar-refractivity contribution in [2.24, 2.45) is 5.41 Å². The molecule has 0 aliphatic carbocycles. The standard InChI is InChI=1S/C11H20N2O3/c1-5-6-13(7-9(14)15)10(16)12-8-11(2,3)4/h5H,1,6-8H2,2-4H3,(H,12,16)(H,14,15). The van der Waals surface area contributed by atoms with Crippen LogP contribution in [0.2, 0.25) is 0 Å². The monoisotopic (exact) mass is 228 g/mol. The first-order chi connectivity index (χ1) is 7.26. The van der Waals surface area contributed by atoms with E-state index in [-0.39, 0.29) is 24.5 Å². The molecule has 5 heteroatoms. The van der Waals surface area contributed by atoms with Crippen LogP contribution >= 0.6 is 0 Å². The largest absolute Gasteiger partial charge is 0.480 e. The maximum absolute atomic E-state index is 11.6. The third-order valence-corrected chi connectivity index (χ3v) is 1.73. The minimum atomic E-state index is -1.03. The van der Waals surface area contributed by atoms with Crippen LogP contribution in [-0.4, -0.2) is 41.6 Å². The molecule has 0 rings (SSSR count). The molecule has 0 atom stereocenters. The highest BCUT2D eigenvalue weighted by atomic mass is 16.4. The first-order valence-corrected chi connectivity index (χ1v) is 5.12. The molecule has 0 aromatic rings. The lowest BCUT2D eigenvalue weighted by molar-refractivity contribution is -0.137. The minimum absolute atomic E-state index is 0.0290. The van der Waals surface area contributed by atoms with E-state index in [4.69, 9.17) is 5.11 Å². The van der Waals surface area contributed by atoms with Crippen LogP contribution in [0.5, 0.6) is 0 Å². The number of nitrogens with one attached hydrogen (secondary N) is 1. The van der Waals surface area contributed by atoms with Gasteiger partial charge >= 0.3 is 12.0 Å². The fraction of sp³-hybridized carbons (Fsp3) is 0.636. The van der Waals surface area contributed by atoms with E-state index >= 15 is 0 Å². The van der Waals surface area contributed by atoms with E-state index in [0.717, 1.165) is 0 Å². The summed E-state index contributed by atoms with van der Waals surface area (Å²) in [6.07, 6.45) is 1.50. The SMILES string of the molecule is C=CCN(CC(=O)O)C(=O)NCC(C)(C)C. The van der Waals surface area contributed by atoms with Gasteiger partial charge in [0.25, 0.3) is 0 Å². The lowest BCUT2D eigenvalue weighted by Crippen LogP contribution is -2.45. The first-order valence-electron chi connectivity index (χ1n) is 5.12. The second-order valence-electron chi connectivity index (χ2n) is 4.78. The van der Waals surface area contributed by atoms with E-state index < -0.39 is 5.97 Å². The molecule has 2 amide bonds. The fourth-order valence-electron chi connectivity index (χ4n) is 0.991. The van der Waals surface area contributed by atoms with Gasteiger partial charge in [-0.15, -0.1) is 6.58 Å². The molecule has 0 unspecified atom stereocenters. The van der Waals surface area contributed by atoms with Gasteiger partial charge in [0.15, 0.2) is 0 Å². The van der Waals surface area contributed by atoms with Gasteiger partial charge in [-0.1, -0.05) is 26.8 Å². The van der Waals surface area contributed by atoms with Gasteiger partial charge in [0, 0.05) is 13.1 Å². The van der Waals surface area contributed by atoms with Crippen LogP contribution in [-0.2, 0) is 4.79 Å². The zero-order valence-corrected chi connectivity index (χ0v) is 10.1. The zero-order valence-electron chi connectivity index (χ0n) is 10.1. The third kappa shape index (κ3) is 6.86. The highest BCUT2D eigenvalue weighted by Crippen LogP contribution is 2.10. The normalized spacial score (nSPS) is 10.7. The lowest BCUT2D eigenvalue weighted by Gasteiger charge is -2.23. The molecule has 0 spiro atoms. The molecule has 0 heterocycles. The third-order valence-electron chi connectivity index (χ3n) is 1.73. The number of rotatable bonds is 5. The molecule has 0 bridgehead atoms. The van der Waals surface area contributed by atoms with Crippen molar-refractivity contribution in [3.8, 4) is 0 Å². The Morgan fingerprint density at radius 1 is 1.44 bits per heavy atom. The van der Waals surface area contributed by atoms with Crippen molar-refractivity contribution in [3.63, 3.8) is 0 Å². The van der Waals surface area contributed by atoms with Crippen molar-refractivity contribution in [2.45, 2.75) is 20.8 Å². The summed E-state index contributed by atoms with van der Waals surface area (Å²) in [7, 11) is 0. The molecule has 0 fully saturated rings. The molecule has 2 N–H and O–H groups in total. The topological polar surface area (TPSA) is 69.6 Å². The van der Waals surface area contributed by atoms with Crippen molar-refractivity contribution in [1.82, 2.24) is 10.2 Å². The van der Waals surface area contributed by atoms with Crippen LogP contribution in [0.1, 0.15) is 20.8 Å². The second-order valence-corrected chi connectivity index (χ2v) is 4.78. The zero-order chi connectivity index (χ0) is 12.8. The Kier molecular flexibility index (Phi) is 5.56. The molecular weight excluding hydrogens is 208 g/mol. The first kappa shape index (κ1) is 14.5. The van der Waals surface area contributed by atoms with Crippen LogP contribution in [0.25, 0.3) is 0 Å². The summed E-state index contributed by atoms with van der Waals surface area (Å²) in [4.78, 5) is 23.3. The van der Waals surface area contributed by atoms with Gasteiger partial charge in [0.05, 0.1) is 0 Å². The number of nitrogens with zero attached hydrogens (tertiary/aromatic N) is 1. The Bertz CT molecular complexity index is 269. The molecule has 92 valence electrons. The predicted octanol–water partition coefficient (Wildman–Crippen LogP) is 1.31. The molecule has 0 aliphatic heterocycles. The van der Waals surface area contributed by atoms with Crippen molar-refractivity contribution in [1.29, 1.82) is 0 Å². The molecule has 5 nitrogen and oxygen atoms in total. The Balaban J connectivity index is 4.27.